The molecule has 1 aromatic carbocycles. The summed E-state index contributed by atoms with van der Waals surface area (Å²) in [5.74, 6) is 0.830. The van der Waals surface area contributed by atoms with Crippen LogP contribution in [0.5, 0.6) is 0 Å². The number of carbonyl (C=O) groups excluding carboxylic acids is 1. The number of hydrogen-bond donors (Lipinski definition) is 0. The Morgan fingerprint density at radius 2 is 1.94 bits per heavy atom. The Hall–Kier alpha value is -0.960. The van der Waals surface area contributed by atoms with Crippen LogP contribution in [0.15, 0.2) is 23.1 Å². The number of rotatable bonds is 6. The third-order valence-electron chi connectivity index (χ3n) is 2.92. The van der Waals surface area contributed by atoms with Crippen LogP contribution in [0, 0.1) is 13.8 Å². The van der Waals surface area contributed by atoms with Crippen LogP contribution in [-0.2, 0) is 15.6 Å². The minimum atomic E-state index is -0.973. The maximum atomic E-state index is 12.0. The fourth-order valence-corrected chi connectivity index (χ4v) is 2.72. The quantitative estimate of drug-likeness (QED) is 0.779. The Bertz CT molecular complexity index is 424. The van der Waals surface area contributed by atoms with Gasteiger partial charge in [-0.2, -0.15) is 0 Å². The molecule has 1 rings (SSSR count). The minimum Gasteiger partial charge on any atom is -0.300 e. The van der Waals surface area contributed by atoms with Gasteiger partial charge in [-0.05, 0) is 43.5 Å². The van der Waals surface area contributed by atoms with Crippen LogP contribution in [0.1, 0.15) is 37.3 Å². The highest BCUT2D eigenvalue weighted by Crippen LogP contribution is 2.14. The van der Waals surface area contributed by atoms with E-state index in [9.17, 15) is 9.00 Å². The maximum absolute atomic E-state index is 12.0. The van der Waals surface area contributed by atoms with Gasteiger partial charge in [-0.15, -0.1) is 0 Å². The molecule has 0 aliphatic rings. The third-order valence-corrected chi connectivity index (χ3v) is 4.36. The highest BCUT2D eigenvalue weighted by molar-refractivity contribution is 7.85. The summed E-state index contributed by atoms with van der Waals surface area (Å²) in [7, 11) is -0.973. The van der Waals surface area contributed by atoms with E-state index in [2.05, 4.69) is 0 Å². The average molecular weight is 252 g/mol. The van der Waals surface area contributed by atoms with Crippen LogP contribution in [-0.4, -0.2) is 15.7 Å². The Kier molecular flexibility index (Phi) is 5.56. The molecule has 1 aromatic rings. The van der Waals surface area contributed by atoms with E-state index in [0.29, 0.717) is 25.0 Å². The lowest BCUT2D eigenvalue weighted by atomic mass is 10.1. The molecule has 2 nitrogen and oxygen atoms in total. The molecule has 17 heavy (non-hydrogen) atoms. The van der Waals surface area contributed by atoms with Crippen molar-refractivity contribution in [1.82, 2.24) is 0 Å². The second-order valence-electron chi connectivity index (χ2n) is 4.29. The summed E-state index contributed by atoms with van der Waals surface area (Å²) in [6.07, 6.45) is 1.84. The molecule has 0 aliphatic carbocycles. The Balaban J connectivity index is 2.52. The van der Waals surface area contributed by atoms with Crippen LogP contribution in [0.25, 0.3) is 0 Å². The molecular formula is C14H20O2S. The second-order valence-corrected chi connectivity index (χ2v) is 5.86. The molecule has 0 bridgehead atoms. The van der Waals surface area contributed by atoms with E-state index >= 15 is 0 Å². The molecule has 3 heteroatoms. The molecule has 0 saturated carbocycles. The molecule has 0 radical (unpaired) electrons. The number of carbonyl (C=O) groups is 1. The Morgan fingerprint density at radius 1 is 1.24 bits per heavy atom. The second kappa shape index (κ2) is 6.70. The highest BCUT2D eigenvalue weighted by Gasteiger charge is 2.06. The zero-order valence-electron chi connectivity index (χ0n) is 10.8. The lowest BCUT2D eigenvalue weighted by molar-refractivity contribution is -0.118. The molecule has 0 fully saturated rings. The van der Waals surface area contributed by atoms with Crippen LogP contribution < -0.4 is 0 Å². The molecule has 94 valence electrons. The Labute approximate surface area is 106 Å². The zero-order chi connectivity index (χ0) is 12.8. The van der Waals surface area contributed by atoms with Gasteiger partial charge in [0.25, 0.3) is 0 Å². The molecule has 0 amide bonds. The van der Waals surface area contributed by atoms with E-state index in [1.165, 1.54) is 11.1 Å². The van der Waals surface area contributed by atoms with Crippen molar-refractivity contribution in [3.63, 3.8) is 0 Å². The number of hydrogen-bond acceptors (Lipinski definition) is 2. The molecule has 1 unspecified atom stereocenters. The average Bonchev–Trinajstić information content (AvgIpc) is 2.32. The molecule has 0 spiro atoms. The van der Waals surface area contributed by atoms with E-state index < -0.39 is 10.8 Å². The largest absolute Gasteiger partial charge is 0.300 e. The van der Waals surface area contributed by atoms with Gasteiger partial charge in [-0.1, -0.05) is 13.0 Å². The van der Waals surface area contributed by atoms with Crippen LogP contribution in [0.3, 0.4) is 0 Å². The summed E-state index contributed by atoms with van der Waals surface area (Å²) in [4.78, 5) is 12.0. The number of ketones is 1. The van der Waals surface area contributed by atoms with Crippen LogP contribution in [0.4, 0.5) is 0 Å². The molecule has 0 aliphatic heterocycles. The lowest BCUT2D eigenvalue weighted by Gasteiger charge is -2.05. The summed E-state index contributed by atoms with van der Waals surface area (Å²) in [6, 6.07) is 5.90. The highest BCUT2D eigenvalue weighted by atomic mass is 32.2. The number of benzene rings is 1. The van der Waals surface area contributed by atoms with Gasteiger partial charge < -0.3 is 0 Å². The first-order chi connectivity index (χ1) is 8.04. The molecular weight excluding hydrogens is 232 g/mol. The first-order valence-corrected chi connectivity index (χ1v) is 7.33. The summed E-state index contributed by atoms with van der Waals surface area (Å²) < 4.78 is 12.0. The number of Topliss-reactive ketones (excluding diaryl/α,β-unsaturated/α-hetero) is 1. The van der Waals surface area contributed by atoms with E-state index in [1.54, 1.807) is 0 Å². The van der Waals surface area contributed by atoms with Gasteiger partial charge >= 0.3 is 0 Å². The zero-order valence-corrected chi connectivity index (χ0v) is 11.6. The van der Waals surface area contributed by atoms with Crippen molar-refractivity contribution >= 4 is 16.6 Å². The molecule has 0 saturated heterocycles. The Morgan fingerprint density at radius 3 is 2.53 bits per heavy atom. The van der Waals surface area contributed by atoms with Crippen molar-refractivity contribution in [3.05, 3.63) is 29.3 Å². The van der Waals surface area contributed by atoms with E-state index in [0.717, 1.165) is 4.90 Å². The van der Waals surface area contributed by atoms with E-state index in [4.69, 9.17) is 0 Å². The van der Waals surface area contributed by atoms with E-state index in [-0.39, 0.29) is 5.78 Å². The summed E-state index contributed by atoms with van der Waals surface area (Å²) >= 11 is 0. The van der Waals surface area contributed by atoms with Gasteiger partial charge in [0.05, 0.1) is 10.8 Å². The van der Waals surface area contributed by atoms with Gasteiger partial charge in [0.1, 0.15) is 5.78 Å². The van der Waals surface area contributed by atoms with Gasteiger partial charge in [0.15, 0.2) is 0 Å². The SMILES string of the molecule is CCC(=O)CCCS(=O)c1ccc(C)c(C)c1. The van der Waals surface area contributed by atoms with Gasteiger partial charge in [0, 0.05) is 23.5 Å². The normalized spacial score (nSPS) is 12.4. The monoisotopic (exact) mass is 252 g/mol. The van der Waals surface area contributed by atoms with Crippen molar-refractivity contribution in [2.45, 2.75) is 44.9 Å². The molecule has 0 heterocycles. The predicted octanol–water partition coefficient (Wildman–Crippen LogP) is 3.17. The standard InChI is InChI=1S/C14H20O2S/c1-4-13(15)6-5-9-17(16)14-8-7-11(2)12(3)10-14/h7-8,10H,4-6,9H2,1-3H3. The molecule has 0 aromatic heterocycles. The summed E-state index contributed by atoms with van der Waals surface area (Å²) in [6.45, 7) is 5.93. The number of aryl methyl sites for hydroxylation is 2. The van der Waals surface area contributed by atoms with Crippen molar-refractivity contribution in [2.24, 2.45) is 0 Å². The van der Waals surface area contributed by atoms with Gasteiger partial charge in [0.2, 0.25) is 0 Å². The van der Waals surface area contributed by atoms with Crippen LogP contribution in [0.2, 0.25) is 0 Å². The maximum Gasteiger partial charge on any atom is 0.132 e. The topological polar surface area (TPSA) is 34.1 Å². The fourth-order valence-electron chi connectivity index (χ4n) is 1.55. The summed E-state index contributed by atoms with van der Waals surface area (Å²) in [5.41, 5.74) is 2.38. The molecule has 0 N–H and O–H groups in total. The van der Waals surface area contributed by atoms with Crippen molar-refractivity contribution in [2.75, 3.05) is 5.75 Å². The van der Waals surface area contributed by atoms with E-state index in [1.807, 2.05) is 39.0 Å². The van der Waals surface area contributed by atoms with Crippen molar-refractivity contribution in [1.29, 1.82) is 0 Å². The molecule has 1 atom stereocenters. The van der Waals surface area contributed by atoms with Crippen molar-refractivity contribution in [3.8, 4) is 0 Å². The minimum absolute atomic E-state index is 0.252. The van der Waals surface area contributed by atoms with Crippen molar-refractivity contribution < 1.29 is 9.00 Å². The smallest absolute Gasteiger partial charge is 0.132 e. The lowest BCUT2D eigenvalue weighted by Crippen LogP contribution is -2.02. The first-order valence-electron chi connectivity index (χ1n) is 6.02. The predicted molar refractivity (Wildman–Crippen MR) is 71.7 cm³/mol. The van der Waals surface area contributed by atoms with Gasteiger partial charge in [-0.3, -0.25) is 9.00 Å². The van der Waals surface area contributed by atoms with Crippen LogP contribution >= 0.6 is 0 Å². The van der Waals surface area contributed by atoms with Gasteiger partial charge in [-0.25, -0.2) is 0 Å². The third kappa shape index (κ3) is 4.43. The first kappa shape index (κ1) is 14.1. The summed E-state index contributed by atoms with van der Waals surface area (Å²) in [5, 5.41) is 0. The fraction of sp³-hybridized carbons (Fsp3) is 0.500.